The third-order valence-corrected chi connectivity index (χ3v) is 2.11. The van der Waals surface area contributed by atoms with E-state index in [0.29, 0.717) is 5.78 Å². The Morgan fingerprint density at radius 2 is 2.00 bits per heavy atom. The zero-order chi connectivity index (χ0) is 8.65. The average Bonchev–Trinajstić information content (AvgIpc) is 2.62. The van der Waals surface area contributed by atoms with Gasteiger partial charge in [0.25, 0.3) is 0 Å². The molecule has 0 amide bonds. The molecule has 0 aromatic heterocycles. The zero-order valence-electron chi connectivity index (χ0n) is 7.68. The second-order valence-electron chi connectivity index (χ2n) is 4.23. The van der Waals surface area contributed by atoms with Crippen molar-refractivity contribution in [3.8, 4) is 0 Å². The lowest BCUT2D eigenvalue weighted by Gasteiger charge is -2.15. The maximum Gasteiger partial charge on any atom is 0.143 e. The molecule has 0 aliphatic heterocycles. The van der Waals surface area contributed by atoms with Crippen LogP contribution in [0.25, 0.3) is 0 Å². The van der Waals surface area contributed by atoms with Crippen LogP contribution in [0.1, 0.15) is 27.2 Å². The fraction of sp³-hybridized carbons (Fsp3) is 0.889. The fourth-order valence-electron chi connectivity index (χ4n) is 1.26. The zero-order valence-corrected chi connectivity index (χ0v) is 7.68. The van der Waals surface area contributed by atoms with Crippen LogP contribution in [0.5, 0.6) is 0 Å². The highest BCUT2D eigenvalue weighted by Gasteiger charge is 2.46. The highest BCUT2D eigenvalue weighted by molar-refractivity contribution is 5.88. The van der Waals surface area contributed by atoms with E-state index in [1.165, 1.54) is 0 Å². The topological polar surface area (TPSA) is 26.3 Å². The number of carbonyl (C=O) groups is 1. The number of methoxy groups -OCH3 is 1. The molecule has 0 spiro atoms. The molecule has 0 radical (unpaired) electrons. The van der Waals surface area contributed by atoms with E-state index >= 15 is 0 Å². The SMILES string of the molecule is CO[C@H]1C[C@@H]1C(=O)C(C)(C)C. The van der Waals surface area contributed by atoms with Gasteiger partial charge in [0.1, 0.15) is 5.78 Å². The molecule has 2 atom stereocenters. The minimum atomic E-state index is -0.196. The summed E-state index contributed by atoms with van der Waals surface area (Å²) in [7, 11) is 1.67. The summed E-state index contributed by atoms with van der Waals surface area (Å²) in [4.78, 5) is 11.5. The van der Waals surface area contributed by atoms with E-state index in [-0.39, 0.29) is 17.4 Å². The van der Waals surface area contributed by atoms with Crippen LogP contribution in [-0.2, 0) is 9.53 Å². The first kappa shape index (κ1) is 8.72. The van der Waals surface area contributed by atoms with Crippen LogP contribution in [0.3, 0.4) is 0 Å². The molecule has 2 nitrogen and oxygen atoms in total. The number of ether oxygens (including phenoxy) is 1. The quantitative estimate of drug-likeness (QED) is 0.607. The second-order valence-corrected chi connectivity index (χ2v) is 4.23. The molecule has 1 aliphatic rings. The number of hydrogen-bond acceptors (Lipinski definition) is 2. The van der Waals surface area contributed by atoms with Crippen molar-refractivity contribution in [2.24, 2.45) is 11.3 Å². The molecule has 1 saturated carbocycles. The van der Waals surface area contributed by atoms with Crippen molar-refractivity contribution in [2.45, 2.75) is 33.3 Å². The van der Waals surface area contributed by atoms with Gasteiger partial charge in [0.15, 0.2) is 0 Å². The Balaban J connectivity index is 2.46. The first-order valence-corrected chi connectivity index (χ1v) is 4.04. The summed E-state index contributed by atoms with van der Waals surface area (Å²) < 4.78 is 5.07. The summed E-state index contributed by atoms with van der Waals surface area (Å²) in [6.07, 6.45) is 1.13. The fourth-order valence-corrected chi connectivity index (χ4v) is 1.26. The van der Waals surface area contributed by atoms with Crippen LogP contribution in [0.4, 0.5) is 0 Å². The second kappa shape index (κ2) is 2.59. The van der Waals surface area contributed by atoms with Crippen molar-refractivity contribution in [1.29, 1.82) is 0 Å². The van der Waals surface area contributed by atoms with Gasteiger partial charge in [-0.15, -0.1) is 0 Å². The molecule has 64 valence electrons. The van der Waals surface area contributed by atoms with Crippen LogP contribution in [0.15, 0.2) is 0 Å². The highest BCUT2D eigenvalue weighted by atomic mass is 16.5. The number of rotatable bonds is 2. The van der Waals surface area contributed by atoms with Crippen molar-refractivity contribution in [2.75, 3.05) is 7.11 Å². The molecule has 11 heavy (non-hydrogen) atoms. The minimum Gasteiger partial charge on any atom is -0.381 e. The molecule has 0 saturated heterocycles. The third-order valence-electron chi connectivity index (χ3n) is 2.11. The van der Waals surface area contributed by atoms with Crippen molar-refractivity contribution < 1.29 is 9.53 Å². The molecule has 1 rings (SSSR count). The number of hydrogen-bond donors (Lipinski definition) is 0. The highest BCUT2D eigenvalue weighted by Crippen LogP contribution is 2.39. The summed E-state index contributed by atoms with van der Waals surface area (Å²) in [5, 5.41) is 0. The predicted molar refractivity (Wildman–Crippen MR) is 43.4 cm³/mol. The maximum atomic E-state index is 11.5. The summed E-state index contributed by atoms with van der Waals surface area (Å²) in [6, 6.07) is 0. The molecule has 0 aromatic rings. The molecule has 0 N–H and O–H groups in total. The van der Waals surface area contributed by atoms with E-state index in [2.05, 4.69) is 0 Å². The van der Waals surface area contributed by atoms with E-state index in [9.17, 15) is 4.79 Å². The summed E-state index contributed by atoms with van der Waals surface area (Å²) in [5.41, 5.74) is -0.196. The molecule has 1 aliphatic carbocycles. The van der Waals surface area contributed by atoms with E-state index in [4.69, 9.17) is 4.74 Å². The van der Waals surface area contributed by atoms with E-state index < -0.39 is 0 Å². The van der Waals surface area contributed by atoms with Gasteiger partial charge in [-0.25, -0.2) is 0 Å². The van der Waals surface area contributed by atoms with E-state index in [1.807, 2.05) is 20.8 Å². The van der Waals surface area contributed by atoms with Crippen molar-refractivity contribution >= 4 is 5.78 Å². The predicted octanol–water partition coefficient (Wildman–Crippen LogP) is 1.64. The normalized spacial score (nSPS) is 30.2. The van der Waals surface area contributed by atoms with Crippen LogP contribution in [0, 0.1) is 11.3 Å². The Kier molecular flexibility index (Phi) is 2.06. The first-order chi connectivity index (χ1) is 4.96. The van der Waals surface area contributed by atoms with Crippen molar-refractivity contribution in [3.05, 3.63) is 0 Å². The van der Waals surface area contributed by atoms with Gasteiger partial charge < -0.3 is 4.74 Å². The van der Waals surface area contributed by atoms with Gasteiger partial charge in [-0.3, -0.25) is 4.79 Å². The van der Waals surface area contributed by atoms with E-state index in [0.717, 1.165) is 6.42 Å². The maximum absolute atomic E-state index is 11.5. The molecule has 1 fully saturated rings. The lowest BCUT2D eigenvalue weighted by molar-refractivity contribution is -0.128. The van der Waals surface area contributed by atoms with Gasteiger partial charge in [0, 0.05) is 18.4 Å². The first-order valence-electron chi connectivity index (χ1n) is 4.04. The molecule has 0 bridgehead atoms. The van der Waals surface area contributed by atoms with Gasteiger partial charge in [0.2, 0.25) is 0 Å². The number of ketones is 1. The molecule has 2 heteroatoms. The van der Waals surface area contributed by atoms with Crippen LogP contribution < -0.4 is 0 Å². The molecule has 0 unspecified atom stereocenters. The van der Waals surface area contributed by atoms with Crippen molar-refractivity contribution in [1.82, 2.24) is 0 Å². The molecule has 0 heterocycles. The number of Topliss-reactive ketones (excluding diaryl/α,β-unsaturated/α-hetero) is 1. The van der Waals surface area contributed by atoms with Gasteiger partial charge in [-0.05, 0) is 6.42 Å². The third kappa shape index (κ3) is 1.80. The van der Waals surface area contributed by atoms with Gasteiger partial charge in [-0.1, -0.05) is 20.8 Å². The molecule has 0 aromatic carbocycles. The molecular weight excluding hydrogens is 140 g/mol. The summed E-state index contributed by atoms with van der Waals surface area (Å²) in [5.74, 6) is 0.518. The van der Waals surface area contributed by atoms with Crippen molar-refractivity contribution in [3.63, 3.8) is 0 Å². The average molecular weight is 156 g/mol. The summed E-state index contributed by atoms with van der Waals surface area (Å²) in [6.45, 7) is 5.88. The van der Waals surface area contributed by atoms with Gasteiger partial charge in [-0.2, -0.15) is 0 Å². The van der Waals surface area contributed by atoms with Crippen LogP contribution in [-0.4, -0.2) is 19.0 Å². The Hall–Kier alpha value is -0.370. The van der Waals surface area contributed by atoms with Gasteiger partial charge >= 0.3 is 0 Å². The number of carbonyl (C=O) groups excluding carboxylic acids is 1. The Labute approximate surface area is 67.9 Å². The smallest absolute Gasteiger partial charge is 0.143 e. The Morgan fingerprint density at radius 3 is 2.27 bits per heavy atom. The Bertz CT molecular complexity index is 167. The lowest BCUT2D eigenvalue weighted by atomic mass is 9.88. The lowest BCUT2D eigenvalue weighted by Crippen LogP contribution is -2.23. The largest absolute Gasteiger partial charge is 0.381 e. The van der Waals surface area contributed by atoms with Crippen LogP contribution in [0.2, 0.25) is 0 Å². The van der Waals surface area contributed by atoms with Crippen LogP contribution >= 0.6 is 0 Å². The van der Waals surface area contributed by atoms with E-state index in [1.54, 1.807) is 7.11 Å². The molecular formula is C9H16O2. The Morgan fingerprint density at radius 1 is 1.45 bits per heavy atom. The monoisotopic (exact) mass is 156 g/mol. The summed E-state index contributed by atoms with van der Waals surface area (Å²) >= 11 is 0. The minimum absolute atomic E-state index is 0.181. The van der Waals surface area contributed by atoms with Gasteiger partial charge in [0.05, 0.1) is 6.10 Å². The standard InChI is InChI=1S/C9H16O2/c1-9(2,3)8(10)6-5-7(6)11-4/h6-7H,5H2,1-4H3/t6-,7-/m0/s1.